The summed E-state index contributed by atoms with van der Waals surface area (Å²) in [7, 11) is 0. The Balaban J connectivity index is 0.000000280. The minimum Gasteiger partial charge on any atom is -0.305 e. The molecule has 2 aromatic heterocycles. The fourth-order valence-corrected chi connectivity index (χ4v) is 6.55. The van der Waals surface area contributed by atoms with Crippen molar-refractivity contribution in [3.63, 3.8) is 0 Å². The van der Waals surface area contributed by atoms with Gasteiger partial charge in [0.25, 0.3) is 0 Å². The van der Waals surface area contributed by atoms with E-state index in [1.807, 2.05) is 36.4 Å². The number of hydrogen-bond donors (Lipinski definition) is 0. The first-order valence-electron chi connectivity index (χ1n) is 17.4. The summed E-state index contributed by atoms with van der Waals surface area (Å²) in [6, 6.07) is 43.6. The first kappa shape index (κ1) is 36.1. The second kappa shape index (κ2) is 17.0. The Morgan fingerprint density at radius 2 is 1.43 bits per heavy atom. The summed E-state index contributed by atoms with van der Waals surface area (Å²) >= 11 is 0. The maximum atomic E-state index is 4.88. The number of pyridine rings is 2. The quantitative estimate of drug-likeness (QED) is 0.157. The van der Waals surface area contributed by atoms with Crippen molar-refractivity contribution in [2.24, 2.45) is 5.92 Å². The minimum absolute atomic E-state index is 0. The molecule has 0 unspecified atom stereocenters. The fourth-order valence-electron chi connectivity index (χ4n) is 6.55. The van der Waals surface area contributed by atoms with Gasteiger partial charge < -0.3 is 9.97 Å². The fraction of sp³-hybridized carbons (Fsp3) is 0.261. The van der Waals surface area contributed by atoms with Crippen molar-refractivity contribution in [3.05, 3.63) is 167 Å². The Morgan fingerprint density at radius 3 is 2.10 bits per heavy atom. The third kappa shape index (κ3) is 9.50. The van der Waals surface area contributed by atoms with Crippen LogP contribution in [0.3, 0.4) is 0 Å². The molecule has 0 amide bonds. The van der Waals surface area contributed by atoms with Crippen LogP contribution in [-0.4, -0.2) is 9.97 Å². The van der Waals surface area contributed by atoms with Crippen molar-refractivity contribution in [1.82, 2.24) is 9.97 Å². The van der Waals surface area contributed by atoms with Gasteiger partial charge >= 0.3 is 0 Å². The molecule has 4 aliphatic carbocycles. The number of aromatic nitrogens is 2. The van der Waals surface area contributed by atoms with Crippen molar-refractivity contribution in [2.45, 2.75) is 72.6 Å². The Morgan fingerprint density at radius 1 is 0.673 bits per heavy atom. The molecule has 0 atom stereocenters. The van der Waals surface area contributed by atoms with Crippen LogP contribution in [0, 0.1) is 25.0 Å². The molecule has 4 bridgehead atoms. The van der Waals surface area contributed by atoms with Crippen LogP contribution >= 0.6 is 0 Å². The first-order valence-corrected chi connectivity index (χ1v) is 17.4. The maximum absolute atomic E-state index is 4.88. The van der Waals surface area contributed by atoms with Gasteiger partial charge in [0, 0.05) is 32.5 Å². The molecule has 0 saturated heterocycles. The smallest absolute Gasteiger partial charge is 0.0239 e. The summed E-state index contributed by atoms with van der Waals surface area (Å²) in [6.07, 6.45) is 9.19. The molecule has 0 N–H and O–H groups in total. The van der Waals surface area contributed by atoms with Gasteiger partial charge in [-0.1, -0.05) is 95.3 Å². The zero-order valence-electron chi connectivity index (χ0n) is 29.4. The van der Waals surface area contributed by atoms with Crippen molar-refractivity contribution < 1.29 is 20.1 Å². The molecule has 0 aliphatic heterocycles. The Kier molecular flexibility index (Phi) is 12.5. The largest absolute Gasteiger partial charge is 0.305 e. The van der Waals surface area contributed by atoms with Crippen molar-refractivity contribution in [1.29, 1.82) is 0 Å². The average molecular weight is 819 g/mol. The zero-order chi connectivity index (χ0) is 33.5. The molecular formula is C46H46IrN2-2. The van der Waals surface area contributed by atoms with Gasteiger partial charge in [0.05, 0.1) is 0 Å². The standard InChI is InChI=1S/C34H36N.C12H10N.Ir/c1-23(2)18-27-6-5-7-30(19-27)34-17-16-31(22-35-34)33-21-26-9-13-28-12-8-25(20-32(28)24(3)4)10-14-29(33)15-11-26;1-10-5-7-11(8-6-10)12-4-2-3-9-13-12;/h5-6,8,11-12,15-17,19-24H,9-10,13-14,18H2,1-4H3;2-7,9H,1H3;/q2*-1;. The summed E-state index contributed by atoms with van der Waals surface area (Å²) < 4.78 is 0. The number of benzene rings is 4. The molecule has 1 radical (unpaired) electrons. The molecule has 4 aliphatic rings. The van der Waals surface area contributed by atoms with Gasteiger partial charge in [0.15, 0.2) is 0 Å². The van der Waals surface area contributed by atoms with Gasteiger partial charge in [-0.15, -0.1) is 70.8 Å². The van der Waals surface area contributed by atoms with E-state index < -0.39 is 0 Å². The van der Waals surface area contributed by atoms with Gasteiger partial charge in [0.1, 0.15) is 0 Å². The monoisotopic (exact) mass is 819 g/mol. The molecule has 3 heteroatoms. The maximum Gasteiger partial charge on any atom is 0.0239 e. The zero-order valence-corrected chi connectivity index (χ0v) is 31.8. The minimum atomic E-state index is 0. The van der Waals surface area contributed by atoms with E-state index in [1.54, 1.807) is 6.20 Å². The summed E-state index contributed by atoms with van der Waals surface area (Å²) in [5, 5.41) is 0. The number of rotatable bonds is 6. The molecule has 4 aromatic carbocycles. The van der Waals surface area contributed by atoms with E-state index in [-0.39, 0.29) is 20.1 Å². The predicted molar refractivity (Wildman–Crippen MR) is 201 cm³/mol. The number of aryl methyl sites for hydroxylation is 5. The van der Waals surface area contributed by atoms with Crippen molar-refractivity contribution >= 4 is 0 Å². The number of nitrogens with zero attached hydrogens (tertiary/aromatic N) is 2. The van der Waals surface area contributed by atoms with E-state index in [9.17, 15) is 0 Å². The molecule has 10 rings (SSSR count). The first-order chi connectivity index (χ1) is 23.3. The molecule has 0 saturated carbocycles. The summed E-state index contributed by atoms with van der Waals surface area (Å²) in [4.78, 5) is 9.12. The molecular weight excluding hydrogens is 773 g/mol. The topological polar surface area (TPSA) is 25.8 Å². The van der Waals surface area contributed by atoms with Crippen molar-refractivity contribution in [2.75, 3.05) is 0 Å². The third-order valence-electron chi connectivity index (χ3n) is 9.14. The average Bonchev–Trinajstić information content (AvgIpc) is 3.10. The van der Waals surface area contributed by atoms with Crippen LogP contribution in [0.15, 0.2) is 116 Å². The van der Waals surface area contributed by atoms with Gasteiger partial charge in [-0.05, 0) is 100 Å². The van der Waals surface area contributed by atoms with Gasteiger partial charge in [-0.2, -0.15) is 0 Å². The van der Waals surface area contributed by atoms with Crippen LogP contribution < -0.4 is 0 Å². The Bertz CT molecular complexity index is 1940. The van der Waals surface area contributed by atoms with Gasteiger partial charge in [-0.3, -0.25) is 0 Å². The molecule has 2 heterocycles. The van der Waals surface area contributed by atoms with Crippen LogP contribution in [-0.2, 0) is 52.2 Å². The second-order valence-corrected chi connectivity index (χ2v) is 13.8. The normalized spacial score (nSPS) is 12.1. The van der Waals surface area contributed by atoms with Crippen LogP contribution in [0.1, 0.15) is 72.6 Å². The Labute approximate surface area is 307 Å². The van der Waals surface area contributed by atoms with Crippen LogP contribution in [0.2, 0.25) is 0 Å². The summed E-state index contributed by atoms with van der Waals surface area (Å²) in [5.74, 6) is 1.21. The van der Waals surface area contributed by atoms with Crippen LogP contribution in [0.5, 0.6) is 0 Å². The summed E-state index contributed by atoms with van der Waals surface area (Å²) in [5.41, 5.74) is 16.5. The van der Waals surface area contributed by atoms with E-state index in [0.717, 1.165) is 54.6 Å². The molecule has 49 heavy (non-hydrogen) atoms. The Hall–Kier alpha value is -4.17. The predicted octanol–water partition coefficient (Wildman–Crippen LogP) is 11.3. The molecule has 251 valence electrons. The molecule has 0 spiro atoms. The van der Waals surface area contributed by atoms with E-state index in [4.69, 9.17) is 4.98 Å². The molecule has 2 nitrogen and oxygen atoms in total. The van der Waals surface area contributed by atoms with Gasteiger partial charge in [0.2, 0.25) is 0 Å². The van der Waals surface area contributed by atoms with E-state index in [2.05, 4.69) is 125 Å². The van der Waals surface area contributed by atoms with Crippen LogP contribution in [0.4, 0.5) is 0 Å². The SMILES string of the molecule is CC(C)Cc1cc[c-]c(-c2ccc(-c3cc4ccc3CCc3ccc(c(C(C)C)c3)CC4)cn2)c1.Cc1c[c-]c(-c2ccccn2)cc1.[Ir]. The van der Waals surface area contributed by atoms with E-state index >= 15 is 0 Å². The van der Waals surface area contributed by atoms with Crippen LogP contribution in [0.25, 0.3) is 33.6 Å². The molecule has 0 fully saturated rings. The van der Waals surface area contributed by atoms with Gasteiger partial charge in [-0.25, -0.2) is 0 Å². The summed E-state index contributed by atoms with van der Waals surface area (Å²) in [6.45, 7) is 11.2. The second-order valence-electron chi connectivity index (χ2n) is 13.8. The van der Waals surface area contributed by atoms with E-state index in [0.29, 0.717) is 11.8 Å². The third-order valence-corrected chi connectivity index (χ3v) is 9.14. The number of hydrogen-bond acceptors (Lipinski definition) is 2. The molecule has 6 aromatic rings. The van der Waals surface area contributed by atoms with E-state index in [1.165, 1.54) is 50.1 Å². The van der Waals surface area contributed by atoms with Crippen molar-refractivity contribution in [3.8, 4) is 33.6 Å².